The number of hydrogen-bond donors (Lipinski definition) is 1. The Morgan fingerprint density at radius 1 is 1.09 bits per heavy atom. The maximum atomic E-state index is 13.4. The minimum atomic E-state index is -0.218. The molecule has 33 heavy (non-hydrogen) atoms. The molecule has 1 fully saturated rings. The van der Waals surface area contributed by atoms with Crippen LogP contribution in [0.4, 0.5) is 0 Å². The molecule has 3 aromatic rings. The van der Waals surface area contributed by atoms with Crippen LogP contribution in [0.2, 0.25) is 0 Å². The van der Waals surface area contributed by atoms with Gasteiger partial charge in [0, 0.05) is 41.9 Å². The Morgan fingerprint density at radius 2 is 1.85 bits per heavy atom. The van der Waals surface area contributed by atoms with Gasteiger partial charge in [0.2, 0.25) is 0 Å². The van der Waals surface area contributed by atoms with Gasteiger partial charge in [-0.15, -0.1) is 0 Å². The summed E-state index contributed by atoms with van der Waals surface area (Å²) in [5, 5.41) is 8.47. The zero-order chi connectivity index (χ0) is 22.9. The van der Waals surface area contributed by atoms with Gasteiger partial charge in [-0.05, 0) is 50.0 Å². The summed E-state index contributed by atoms with van der Waals surface area (Å²) < 4.78 is 2.07. The highest BCUT2D eigenvalue weighted by Crippen LogP contribution is 2.34. The van der Waals surface area contributed by atoms with Crippen LogP contribution in [0.3, 0.4) is 0 Å². The fourth-order valence-corrected chi connectivity index (χ4v) is 4.98. The molecule has 0 saturated heterocycles. The van der Waals surface area contributed by atoms with Crippen LogP contribution < -0.4 is 5.32 Å². The maximum absolute atomic E-state index is 13.4. The highest BCUT2D eigenvalue weighted by molar-refractivity contribution is 6.08. The molecule has 1 saturated carbocycles. The van der Waals surface area contributed by atoms with Gasteiger partial charge < -0.3 is 5.32 Å². The molecule has 0 aliphatic heterocycles. The molecule has 0 spiro atoms. The van der Waals surface area contributed by atoms with E-state index in [0.717, 1.165) is 46.0 Å². The van der Waals surface area contributed by atoms with E-state index in [2.05, 4.69) is 31.1 Å². The van der Waals surface area contributed by atoms with Crippen molar-refractivity contribution in [3.63, 3.8) is 0 Å². The molecule has 2 aliphatic rings. The topological polar surface area (TPSA) is 89.8 Å². The van der Waals surface area contributed by atoms with Gasteiger partial charge in [-0.25, -0.2) is 9.97 Å². The summed E-state index contributed by atoms with van der Waals surface area (Å²) >= 11 is 0. The number of allylic oxidation sites excluding steroid dienone is 3. The molecule has 5 rings (SSSR count). The van der Waals surface area contributed by atoms with Gasteiger partial charge in [-0.3, -0.25) is 14.3 Å². The van der Waals surface area contributed by atoms with Crippen molar-refractivity contribution < 1.29 is 9.59 Å². The SMILES string of the molecule is CC1=CC(C)=C(CNC(=O)c2cc(-c3cncnc3)cc3c2cnn3C2CCCC2)C(=O)C1. The van der Waals surface area contributed by atoms with Crippen molar-refractivity contribution in [2.24, 2.45) is 0 Å². The Labute approximate surface area is 192 Å². The number of ketones is 1. The minimum Gasteiger partial charge on any atom is -0.348 e. The lowest BCUT2D eigenvalue weighted by atomic mass is 9.92. The van der Waals surface area contributed by atoms with Crippen molar-refractivity contribution in [3.05, 3.63) is 65.4 Å². The fourth-order valence-electron chi connectivity index (χ4n) is 4.98. The monoisotopic (exact) mass is 441 g/mol. The first-order valence-corrected chi connectivity index (χ1v) is 11.5. The number of carbonyl (C=O) groups is 2. The van der Waals surface area contributed by atoms with E-state index in [-0.39, 0.29) is 18.2 Å². The number of nitrogens with zero attached hydrogens (tertiary/aromatic N) is 4. The zero-order valence-corrected chi connectivity index (χ0v) is 19.0. The third-order valence-electron chi connectivity index (χ3n) is 6.67. The number of nitrogens with one attached hydrogen (secondary N) is 1. The quantitative estimate of drug-likeness (QED) is 0.626. The number of carbonyl (C=O) groups excluding carboxylic acids is 2. The number of hydrogen-bond acceptors (Lipinski definition) is 5. The summed E-state index contributed by atoms with van der Waals surface area (Å²) in [5.74, 6) is -0.147. The average molecular weight is 442 g/mol. The van der Waals surface area contributed by atoms with Crippen LogP contribution >= 0.6 is 0 Å². The lowest BCUT2D eigenvalue weighted by Crippen LogP contribution is -2.29. The van der Waals surface area contributed by atoms with Crippen LogP contribution in [0, 0.1) is 0 Å². The molecule has 168 valence electrons. The van der Waals surface area contributed by atoms with E-state index in [1.165, 1.54) is 19.2 Å². The summed E-state index contributed by atoms with van der Waals surface area (Å²) in [7, 11) is 0. The van der Waals surface area contributed by atoms with Crippen molar-refractivity contribution in [1.82, 2.24) is 25.1 Å². The van der Waals surface area contributed by atoms with Crippen LogP contribution in [0.5, 0.6) is 0 Å². The van der Waals surface area contributed by atoms with Gasteiger partial charge in [-0.1, -0.05) is 24.5 Å². The Kier molecular flexibility index (Phi) is 5.62. The third kappa shape index (κ3) is 4.11. The number of amides is 1. The summed E-state index contributed by atoms with van der Waals surface area (Å²) in [6.07, 6.45) is 13.8. The number of benzene rings is 1. The first kappa shape index (κ1) is 21.2. The lowest BCUT2D eigenvalue weighted by Gasteiger charge is -2.17. The first-order chi connectivity index (χ1) is 16.0. The van der Waals surface area contributed by atoms with Gasteiger partial charge in [-0.2, -0.15) is 5.10 Å². The van der Waals surface area contributed by atoms with Gasteiger partial charge in [0.1, 0.15) is 6.33 Å². The number of fused-ring (bicyclic) bond motifs is 1. The second-order valence-electron chi connectivity index (χ2n) is 9.05. The molecule has 2 aliphatic carbocycles. The van der Waals surface area contributed by atoms with Crippen LogP contribution in [0.15, 0.2) is 59.8 Å². The Balaban J connectivity index is 1.53. The maximum Gasteiger partial charge on any atom is 0.252 e. The van der Waals surface area contributed by atoms with Crippen molar-refractivity contribution in [2.45, 2.75) is 52.0 Å². The van der Waals surface area contributed by atoms with Gasteiger partial charge in [0.25, 0.3) is 5.91 Å². The molecular formula is C26H27N5O2. The fraction of sp³-hybridized carbons (Fsp3) is 0.346. The smallest absolute Gasteiger partial charge is 0.252 e. The summed E-state index contributed by atoms with van der Waals surface area (Å²) in [4.78, 5) is 34.1. The molecule has 2 heterocycles. The van der Waals surface area contributed by atoms with E-state index in [0.29, 0.717) is 23.6 Å². The van der Waals surface area contributed by atoms with Crippen LogP contribution in [-0.2, 0) is 4.79 Å². The average Bonchev–Trinajstić information content (AvgIpc) is 3.48. The molecule has 0 atom stereocenters. The minimum absolute atomic E-state index is 0.0715. The predicted octanol–water partition coefficient (Wildman–Crippen LogP) is 4.57. The van der Waals surface area contributed by atoms with Crippen LogP contribution in [0.1, 0.15) is 62.4 Å². The highest BCUT2D eigenvalue weighted by Gasteiger charge is 2.23. The molecule has 1 N–H and O–H groups in total. The molecule has 1 amide bonds. The zero-order valence-electron chi connectivity index (χ0n) is 19.0. The molecule has 7 nitrogen and oxygen atoms in total. The Hall–Kier alpha value is -3.61. The molecule has 0 unspecified atom stereocenters. The van der Waals surface area contributed by atoms with E-state index >= 15 is 0 Å². The molecular weight excluding hydrogens is 414 g/mol. The summed E-state index contributed by atoms with van der Waals surface area (Å²) in [5.41, 5.74) is 5.83. The largest absolute Gasteiger partial charge is 0.348 e. The van der Waals surface area contributed by atoms with E-state index in [1.54, 1.807) is 18.6 Å². The van der Waals surface area contributed by atoms with Gasteiger partial charge in [0.05, 0.1) is 23.3 Å². The van der Waals surface area contributed by atoms with Crippen LogP contribution in [-0.4, -0.2) is 38.0 Å². The number of aromatic nitrogens is 4. The van der Waals surface area contributed by atoms with Gasteiger partial charge >= 0.3 is 0 Å². The van der Waals surface area contributed by atoms with Gasteiger partial charge in [0.15, 0.2) is 5.78 Å². The summed E-state index contributed by atoms with van der Waals surface area (Å²) in [6.45, 7) is 4.08. The predicted molar refractivity (Wildman–Crippen MR) is 127 cm³/mol. The standard InChI is InChI=1S/C26H27N5O2/c1-16-7-17(2)22(25(32)8-16)13-29-26(33)21-9-18(19-11-27-15-28-12-19)10-24-23(21)14-30-31(24)20-5-3-4-6-20/h7,9-12,14-15,20H,3-6,8,13H2,1-2H3,(H,29,33). The van der Waals surface area contributed by atoms with E-state index in [1.807, 2.05) is 26.0 Å². The highest BCUT2D eigenvalue weighted by atomic mass is 16.2. The molecule has 1 aromatic carbocycles. The second kappa shape index (κ2) is 8.73. The van der Waals surface area contributed by atoms with Crippen molar-refractivity contribution in [2.75, 3.05) is 6.54 Å². The summed E-state index contributed by atoms with van der Waals surface area (Å²) in [6, 6.07) is 4.29. The second-order valence-corrected chi connectivity index (χ2v) is 9.05. The Morgan fingerprint density at radius 3 is 2.58 bits per heavy atom. The van der Waals surface area contributed by atoms with Crippen molar-refractivity contribution in [3.8, 4) is 11.1 Å². The molecule has 0 radical (unpaired) electrons. The Bertz CT molecular complexity index is 1300. The van der Waals surface area contributed by atoms with Crippen molar-refractivity contribution in [1.29, 1.82) is 0 Å². The number of Topliss-reactive ketones (excluding diaryl/α,β-unsaturated/α-hetero) is 1. The first-order valence-electron chi connectivity index (χ1n) is 11.5. The number of rotatable bonds is 5. The van der Waals surface area contributed by atoms with E-state index in [9.17, 15) is 9.59 Å². The molecule has 0 bridgehead atoms. The molecule has 7 heteroatoms. The van der Waals surface area contributed by atoms with Crippen molar-refractivity contribution >= 4 is 22.6 Å². The van der Waals surface area contributed by atoms with Crippen LogP contribution in [0.25, 0.3) is 22.0 Å². The normalized spacial score (nSPS) is 17.0. The lowest BCUT2D eigenvalue weighted by molar-refractivity contribution is -0.115. The van der Waals surface area contributed by atoms with E-state index in [4.69, 9.17) is 0 Å². The third-order valence-corrected chi connectivity index (χ3v) is 6.67. The molecule has 2 aromatic heterocycles. The van der Waals surface area contributed by atoms with E-state index < -0.39 is 0 Å².